The highest BCUT2D eigenvalue weighted by molar-refractivity contribution is 5.68. The molecule has 0 bridgehead atoms. The average molecular weight is 275 g/mol. The standard InChI is InChI=1S/C16H21NO3/c18-10-14-9-17(12-16(14)7-4-8-16)15(19)20-11-13-5-2-1-3-6-13/h1-3,5-6,14,18H,4,7-12H2/t14-/m1/s1. The van der Waals surface area contributed by atoms with Gasteiger partial charge in [0.1, 0.15) is 6.61 Å². The number of likely N-dealkylation sites (tertiary alicyclic amines) is 1. The molecule has 3 rings (SSSR count). The molecule has 1 amide bonds. The van der Waals surface area contributed by atoms with Crippen LogP contribution >= 0.6 is 0 Å². The molecule has 2 aliphatic rings. The second-order valence-electron chi connectivity index (χ2n) is 6.02. The zero-order valence-electron chi connectivity index (χ0n) is 11.6. The number of nitrogens with zero attached hydrogens (tertiary/aromatic N) is 1. The largest absolute Gasteiger partial charge is 0.445 e. The first kappa shape index (κ1) is 13.4. The van der Waals surface area contributed by atoms with Gasteiger partial charge in [-0.3, -0.25) is 0 Å². The molecule has 1 N–H and O–H groups in total. The molecule has 1 spiro atoms. The normalized spacial score (nSPS) is 23.6. The van der Waals surface area contributed by atoms with Crippen molar-refractivity contribution in [2.75, 3.05) is 19.7 Å². The maximum Gasteiger partial charge on any atom is 0.410 e. The van der Waals surface area contributed by atoms with Crippen molar-refractivity contribution in [3.8, 4) is 0 Å². The molecule has 1 heterocycles. The van der Waals surface area contributed by atoms with Gasteiger partial charge in [-0.2, -0.15) is 0 Å². The molecule has 1 aliphatic heterocycles. The Morgan fingerprint density at radius 2 is 2.10 bits per heavy atom. The summed E-state index contributed by atoms with van der Waals surface area (Å²) in [5, 5.41) is 9.50. The Labute approximate surface area is 119 Å². The van der Waals surface area contributed by atoms with E-state index in [2.05, 4.69) is 0 Å². The molecule has 1 aliphatic carbocycles. The predicted molar refractivity (Wildman–Crippen MR) is 75.1 cm³/mol. The molecule has 1 aromatic carbocycles. The fourth-order valence-electron chi connectivity index (χ4n) is 3.43. The number of carbonyl (C=O) groups excluding carboxylic acids is 1. The van der Waals surface area contributed by atoms with Crippen molar-refractivity contribution in [3.05, 3.63) is 35.9 Å². The summed E-state index contributed by atoms with van der Waals surface area (Å²) >= 11 is 0. The fraction of sp³-hybridized carbons (Fsp3) is 0.562. The topological polar surface area (TPSA) is 49.8 Å². The maximum absolute atomic E-state index is 12.1. The van der Waals surface area contributed by atoms with E-state index >= 15 is 0 Å². The molecule has 1 saturated heterocycles. The smallest absolute Gasteiger partial charge is 0.410 e. The summed E-state index contributed by atoms with van der Waals surface area (Å²) in [6.45, 7) is 1.85. The van der Waals surface area contributed by atoms with E-state index in [1.165, 1.54) is 6.42 Å². The highest BCUT2D eigenvalue weighted by Crippen LogP contribution is 2.51. The fourth-order valence-corrected chi connectivity index (χ4v) is 3.43. The van der Waals surface area contributed by atoms with Crippen LogP contribution in [0.1, 0.15) is 24.8 Å². The van der Waals surface area contributed by atoms with E-state index < -0.39 is 0 Å². The van der Waals surface area contributed by atoms with E-state index in [9.17, 15) is 9.90 Å². The predicted octanol–water partition coefficient (Wildman–Crippen LogP) is 2.42. The minimum atomic E-state index is -0.254. The molecule has 0 radical (unpaired) electrons. The number of ether oxygens (including phenoxy) is 1. The van der Waals surface area contributed by atoms with Gasteiger partial charge in [-0.05, 0) is 23.8 Å². The van der Waals surface area contributed by atoms with Crippen LogP contribution in [0.15, 0.2) is 30.3 Å². The number of amides is 1. The minimum Gasteiger partial charge on any atom is -0.445 e. The number of aliphatic hydroxyl groups excluding tert-OH is 1. The third-order valence-corrected chi connectivity index (χ3v) is 4.85. The summed E-state index contributed by atoms with van der Waals surface area (Å²) in [6.07, 6.45) is 3.21. The third-order valence-electron chi connectivity index (χ3n) is 4.85. The van der Waals surface area contributed by atoms with Crippen molar-refractivity contribution in [2.45, 2.75) is 25.9 Å². The van der Waals surface area contributed by atoms with E-state index in [0.29, 0.717) is 13.2 Å². The second-order valence-corrected chi connectivity index (χ2v) is 6.02. The SMILES string of the molecule is O=C(OCc1ccccc1)N1C[C@H](CO)C2(CCC2)C1. The Kier molecular flexibility index (Phi) is 3.66. The van der Waals surface area contributed by atoms with E-state index in [0.717, 1.165) is 24.9 Å². The summed E-state index contributed by atoms with van der Waals surface area (Å²) in [6, 6.07) is 9.70. The van der Waals surface area contributed by atoms with Gasteiger partial charge in [0, 0.05) is 25.6 Å². The van der Waals surface area contributed by atoms with Crippen molar-refractivity contribution in [2.24, 2.45) is 11.3 Å². The van der Waals surface area contributed by atoms with Gasteiger partial charge in [0.15, 0.2) is 0 Å². The molecule has 1 aromatic rings. The first-order valence-corrected chi connectivity index (χ1v) is 7.30. The minimum absolute atomic E-state index is 0.167. The lowest BCUT2D eigenvalue weighted by Gasteiger charge is -2.42. The van der Waals surface area contributed by atoms with E-state index in [-0.39, 0.29) is 24.0 Å². The number of hydrogen-bond donors (Lipinski definition) is 1. The lowest BCUT2D eigenvalue weighted by molar-refractivity contribution is 0.0523. The van der Waals surface area contributed by atoms with E-state index in [4.69, 9.17) is 4.74 Å². The summed E-state index contributed by atoms with van der Waals surface area (Å²) in [4.78, 5) is 13.9. The Balaban J connectivity index is 1.56. The third kappa shape index (κ3) is 2.40. The van der Waals surface area contributed by atoms with Crippen LogP contribution in [-0.4, -0.2) is 35.8 Å². The molecule has 20 heavy (non-hydrogen) atoms. The molecule has 0 aromatic heterocycles. The molecule has 108 valence electrons. The van der Waals surface area contributed by atoms with Crippen molar-refractivity contribution in [3.63, 3.8) is 0 Å². The summed E-state index contributed by atoms with van der Waals surface area (Å²) in [7, 11) is 0. The van der Waals surface area contributed by atoms with Crippen LogP contribution in [0.4, 0.5) is 4.79 Å². The van der Waals surface area contributed by atoms with Crippen molar-refractivity contribution in [1.82, 2.24) is 4.90 Å². The number of benzene rings is 1. The monoisotopic (exact) mass is 275 g/mol. The van der Waals surface area contributed by atoms with E-state index in [1.54, 1.807) is 4.90 Å². The van der Waals surface area contributed by atoms with E-state index in [1.807, 2.05) is 30.3 Å². The zero-order valence-corrected chi connectivity index (χ0v) is 11.6. The quantitative estimate of drug-likeness (QED) is 0.921. The van der Waals surface area contributed by atoms with Gasteiger partial charge >= 0.3 is 6.09 Å². The molecule has 0 unspecified atom stereocenters. The van der Waals surface area contributed by atoms with Crippen LogP contribution in [-0.2, 0) is 11.3 Å². The van der Waals surface area contributed by atoms with Gasteiger partial charge in [-0.1, -0.05) is 36.8 Å². The highest BCUT2D eigenvalue weighted by Gasteiger charge is 2.51. The Hall–Kier alpha value is -1.55. The number of hydrogen-bond acceptors (Lipinski definition) is 3. The molecule has 4 nitrogen and oxygen atoms in total. The van der Waals surface area contributed by atoms with Gasteiger partial charge in [-0.25, -0.2) is 4.79 Å². The zero-order chi connectivity index (χ0) is 14.0. The molecular formula is C16H21NO3. The van der Waals surface area contributed by atoms with Crippen LogP contribution in [0.25, 0.3) is 0 Å². The lowest BCUT2D eigenvalue weighted by Crippen LogP contribution is -2.39. The Bertz CT molecular complexity index is 470. The van der Waals surface area contributed by atoms with Crippen molar-refractivity contribution in [1.29, 1.82) is 0 Å². The molecule has 4 heteroatoms. The van der Waals surface area contributed by atoms with Crippen LogP contribution in [0.5, 0.6) is 0 Å². The molecule has 1 saturated carbocycles. The summed E-state index contributed by atoms with van der Waals surface area (Å²) in [5.74, 6) is 0.223. The second kappa shape index (κ2) is 5.44. The van der Waals surface area contributed by atoms with Gasteiger partial charge in [0.05, 0.1) is 0 Å². The number of rotatable bonds is 3. The van der Waals surface area contributed by atoms with Gasteiger partial charge in [0.2, 0.25) is 0 Å². The number of aliphatic hydroxyl groups is 1. The Morgan fingerprint density at radius 1 is 1.35 bits per heavy atom. The van der Waals surface area contributed by atoms with Crippen LogP contribution in [0.2, 0.25) is 0 Å². The molecule has 1 atom stereocenters. The lowest BCUT2D eigenvalue weighted by atomic mass is 9.63. The maximum atomic E-state index is 12.1. The first-order valence-electron chi connectivity index (χ1n) is 7.30. The number of carbonyl (C=O) groups is 1. The summed E-state index contributed by atoms with van der Waals surface area (Å²) in [5.41, 5.74) is 1.16. The first-order chi connectivity index (χ1) is 9.73. The highest BCUT2D eigenvalue weighted by atomic mass is 16.6. The Morgan fingerprint density at radius 3 is 2.65 bits per heavy atom. The van der Waals surface area contributed by atoms with Gasteiger partial charge in [0.25, 0.3) is 0 Å². The van der Waals surface area contributed by atoms with Crippen molar-refractivity contribution >= 4 is 6.09 Å². The van der Waals surface area contributed by atoms with Gasteiger partial charge < -0.3 is 14.7 Å². The van der Waals surface area contributed by atoms with Crippen molar-refractivity contribution < 1.29 is 14.6 Å². The molecule has 2 fully saturated rings. The molecular weight excluding hydrogens is 254 g/mol. The van der Waals surface area contributed by atoms with Gasteiger partial charge in [-0.15, -0.1) is 0 Å². The van der Waals surface area contributed by atoms with Crippen LogP contribution in [0.3, 0.4) is 0 Å². The van der Waals surface area contributed by atoms with Crippen LogP contribution in [0, 0.1) is 11.3 Å². The average Bonchev–Trinajstić information content (AvgIpc) is 2.86. The summed E-state index contributed by atoms with van der Waals surface area (Å²) < 4.78 is 5.37. The van der Waals surface area contributed by atoms with Crippen LogP contribution < -0.4 is 0 Å².